The number of hydrogen-bond acceptors (Lipinski definition) is 4. The predicted molar refractivity (Wildman–Crippen MR) is 154 cm³/mol. The lowest BCUT2D eigenvalue weighted by Crippen LogP contribution is -2.41. The summed E-state index contributed by atoms with van der Waals surface area (Å²) in [5.41, 5.74) is 3.92. The third-order valence-electron chi connectivity index (χ3n) is 8.32. The average molecular weight is 588 g/mol. The number of hydrogen-bond donors (Lipinski definition) is 0. The van der Waals surface area contributed by atoms with Gasteiger partial charge in [0.2, 0.25) is 10.0 Å². The molecule has 2 aromatic rings. The Morgan fingerprint density at radius 2 is 1.76 bits per heavy atom. The third-order valence-corrected chi connectivity index (χ3v) is 11.4. The summed E-state index contributed by atoms with van der Waals surface area (Å²) in [6, 6.07) is 12.9. The number of rotatable bonds is 9. The first-order valence-electron chi connectivity index (χ1n) is 13.2. The van der Waals surface area contributed by atoms with Gasteiger partial charge in [-0.15, -0.1) is 12.4 Å². The second kappa shape index (κ2) is 12.4. The van der Waals surface area contributed by atoms with E-state index in [-0.39, 0.29) is 17.7 Å². The molecule has 5 nitrogen and oxygen atoms in total. The number of ether oxygens (including phenoxy) is 1. The molecule has 1 saturated carbocycles. The molecule has 0 aromatic heterocycles. The molecule has 9 heteroatoms. The number of fused-ring (bicyclic) bond motifs is 1. The predicted octanol–water partition coefficient (Wildman–Crippen LogP) is 6.35. The van der Waals surface area contributed by atoms with E-state index in [0.29, 0.717) is 35.2 Å². The lowest BCUT2D eigenvalue weighted by Gasteiger charge is -2.39. The van der Waals surface area contributed by atoms with Crippen LogP contribution in [0, 0.1) is 0 Å². The van der Waals surface area contributed by atoms with Crippen molar-refractivity contribution < 1.29 is 13.2 Å². The lowest BCUT2D eigenvalue weighted by molar-refractivity contribution is 0.188. The zero-order valence-corrected chi connectivity index (χ0v) is 24.5. The Labute approximate surface area is 237 Å². The molecule has 37 heavy (non-hydrogen) atoms. The van der Waals surface area contributed by atoms with Crippen molar-refractivity contribution in [3.8, 4) is 5.75 Å². The Morgan fingerprint density at radius 3 is 2.43 bits per heavy atom. The van der Waals surface area contributed by atoms with E-state index in [1.165, 1.54) is 33.8 Å². The number of likely N-dealkylation sites (N-methyl/N-ethyl adjacent to an activating group) is 1. The maximum atomic E-state index is 12.6. The molecule has 1 heterocycles. The van der Waals surface area contributed by atoms with Gasteiger partial charge in [-0.25, -0.2) is 12.7 Å². The molecular weight excluding hydrogens is 551 g/mol. The molecule has 2 atom stereocenters. The molecule has 2 aromatic carbocycles. The van der Waals surface area contributed by atoms with Gasteiger partial charge in [-0.1, -0.05) is 41.8 Å². The normalized spacial score (nSPS) is 22.4. The van der Waals surface area contributed by atoms with Gasteiger partial charge in [-0.2, -0.15) is 0 Å². The molecule has 1 aliphatic heterocycles. The van der Waals surface area contributed by atoms with Crippen LogP contribution >= 0.6 is 35.6 Å². The van der Waals surface area contributed by atoms with Crippen molar-refractivity contribution in [1.29, 1.82) is 0 Å². The van der Waals surface area contributed by atoms with Gasteiger partial charge in [0, 0.05) is 25.6 Å². The Bertz CT molecular complexity index is 1180. The summed E-state index contributed by atoms with van der Waals surface area (Å²) in [5.74, 6) is 1.15. The average Bonchev–Trinajstić information content (AvgIpc) is 3.35. The summed E-state index contributed by atoms with van der Waals surface area (Å²) in [6.45, 7) is 3.03. The van der Waals surface area contributed by atoms with E-state index in [4.69, 9.17) is 27.9 Å². The Morgan fingerprint density at radius 1 is 1.00 bits per heavy atom. The number of likely N-dealkylation sites (tertiary alicyclic amines) is 1. The number of sulfonamides is 1. The van der Waals surface area contributed by atoms with Gasteiger partial charge >= 0.3 is 0 Å². The molecule has 0 bridgehead atoms. The van der Waals surface area contributed by atoms with Crippen molar-refractivity contribution in [2.45, 2.75) is 68.6 Å². The number of aryl methyl sites for hydroxylation is 1. The van der Waals surface area contributed by atoms with E-state index in [1.54, 1.807) is 7.05 Å². The molecule has 2 aliphatic carbocycles. The summed E-state index contributed by atoms with van der Waals surface area (Å²) in [6.07, 6.45) is 8.21. The van der Waals surface area contributed by atoms with Crippen LogP contribution in [0.2, 0.25) is 10.0 Å². The monoisotopic (exact) mass is 586 g/mol. The zero-order valence-electron chi connectivity index (χ0n) is 21.4. The molecule has 0 radical (unpaired) electrons. The van der Waals surface area contributed by atoms with Crippen LogP contribution in [-0.2, 0) is 22.9 Å². The summed E-state index contributed by atoms with van der Waals surface area (Å²) in [7, 11) is -1.55. The van der Waals surface area contributed by atoms with E-state index in [0.717, 1.165) is 57.4 Å². The quantitative estimate of drug-likeness (QED) is 0.343. The zero-order chi connectivity index (χ0) is 25.3. The van der Waals surface area contributed by atoms with Crippen molar-refractivity contribution in [3.63, 3.8) is 0 Å². The van der Waals surface area contributed by atoms with Crippen LogP contribution < -0.4 is 4.74 Å². The van der Waals surface area contributed by atoms with E-state index < -0.39 is 10.0 Å². The van der Waals surface area contributed by atoms with Gasteiger partial charge in [0.05, 0.1) is 15.3 Å². The Balaban J connectivity index is 0.00000320. The number of benzene rings is 2. The van der Waals surface area contributed by atoms with Gasteiger partial charge in [0.1, 0.15) is 12.4 Å². The first-order chi connectivity index (χ1) is 17.3. The van der Waals surface area contributed by atoms with E-state index >= 15 is 0 Å². The van der Waals surface area contributed by atoms with Gasteiger partial charge in [0.15, 0.2) is 0 Å². The second-order valence-electron chi connectivity index (χ2n) is 10.5. The van der Waals surface area contributed by atoms with Crippen LogP contribution in [0.5, 0.6) is 5.75 Å². The Hall–Kier alpha value is -1.02. The molecule has 5 rings (SSSR count). The highest BCUT2D eigenvalue weighted by molar-refractivity contribution is 7.89. The summed E-state index contributed by atoms with van der Waals surface area (Å²) in [4.78, 5) is 2.67. The maximum Gasteiger partial charge on any atom is 0.216 e. The molecule has 1 saturated heterocycles. The standard InChI is InChI=1S/C28H36Cl2N2O3S.ClH/c1-31(36(33,34)23-5-4-6-23)15-16-35-22-10-8-21-9-12-28(32-13-2-3-14-32)25(24(21)19-22)17-20-7-11-26(29)27(30)18-20;/h7-8,10-11,18-19,23,25,28H,2-6,9,12-17H2,1H3;1H. The fourth-order valence-electron chi connectivity index (χ4n) is 5.97. The number of halogens is 3. The fourth-order valence-corrected chi connectivity index (χ4v) is 8.05. The molecule has 2 unspecified atom stereocenters. The minimum absolute atomic E-state index is 0. The van der Waals surface area contributed by atoms with E-state index in [1.807, 2.05) is 18.2 Å². The van der Waals surface area contributed by atoms with Crippen LogP contribution in [-0.4, -0.2) is 62.2 Å². The number of nitrogens with zero attached hydrogens (tertiary/aromatic N) is 2. The maximum absolute atomic E-state index is 12.6. The first kappa shape index (κ1) is 29.0. The minimum atomic E-state index is -3.21. The SMILES string of the molecule is CN(CCOc1ccc2c(c1)C(Cc1ccc(Cl)c(Cl)c1)C(N1CCCC1)CC2)S(=O)(=O)C1CCC1.Cl. The molecule has 0 N–H and O–H groups in total. The smallest absolute Gasteiger partial charge is 0.216 e. The van der Waals surface area contributed by atoms with Crippen molar-refractivity contribution in [1.82, 2.24) is 9.21 Å². The van der Waals surface area contributed by atoms with E-state index in [9.17, 15) is 8.42 Å². The highest BCUT2D eigenvalue weighted by atomic mass is 35.5. The highest BCUT2D eigenvalue weighted by Crippen LogP contribution is 2.40. The molecule has 3 aliphatic rings. The second-order valence-corrected chi connectivity index (χ2v) is 13.7. The van der Waals surface area contributed by atoms with E-state index in [2.05, 4.69) is 23.1 Å². The van der Waals surface area contributed by atoms with Crippen molar-refractivity contribution in [3.05, 3.63) is 63.1 Å². The topological polar surface area (TPSA) is 49.9 Å². The first-order valence-corrected chi connectivity index (χ1v) is 15.5. The van der Waals surface area contributed by atoms with Crippen molar-refractivity contribution in [2.24, 2.45) is 0 Å². The van der Waals surface area contributed by atoms with Crippen molar-refractivity contribution >= 4 is 45.6 Å². The lowest BCUT2D eigenvalue weighted by atomic mass is 9.75. The van der Waals surface area contributed by atoms with Crippen LogP contribution in [0.4, 0.5) is 0 Å². The largest absolute Gasteiger partial charge is 0.492 e. The molecular formula is C28H37Cl3N2O3S. The van der Waals surface area contributed by atoms with Crippen LogP contribution in [0.25, 0.3) is 0 Å². The highest BCUT2D eigenvalue weighted by Gasteiger charge is 2.36. The van der Waals surface area contributed by atoms with Crippen molar-refractivity contribution in [2.75, 3.05) is 33.3 Å². The fraction of sp³-hybridized carbons (Fsp3) is 0.571. The Kier molecular flexibility index (Phi) is 9.74. The molecule has 0 spiro atoms. The van der Waals surface area contributed by atoms with Gasteiger partial charge in [-0.3, -0.25) is 4.90 Å². The summed E-state index contributed by atoms with van der Waals surface area (Å²) in [5, 5.41) is 0.970. The third kappa shape index (κ3) is 6.42. The van der Waals surface area contributed by atoms with Crippen LogP contribution in [0.15, 0.2) is 36.4 Å². The molecule has 204 valence electrons. The van der Waals surface area contributed by atoms with Gasteiger partial charge in [0.25, 0.3) is 0 Å². The van der Waals surface area contributed by atoms with Crippen LogP contribution in [0.1, 0.15) is 61.1 Å². The van der Waals surface area contributed by atoms with Gasteiger partial charge in [-0.05, 0) is 99.0 Å². The minimum Gasteiger partial charge on any atom is -0.492 e. The van der Waals surface area contributed by atoms with Gasteiger partial charge < -0.3 is 4.74 Å². The summed E-state index contributed by atoms with van der Waals surface area (Å²) < 4.78 is 32.8. The molecule has 2 fully saturated rings. The molecule has 0 amide bonds. The van der Waals surface area contributed by atoms with Crippen LogP contribution in [0.3, 0.4) is 0 Å². The summed E-state index contributed by atoms with van der Waals surface area (Å²) >= 11 is 12.5.